The Balaban J connectivity index is 1.29. The third-order valence-corrected chi connectivity index (χ3v) is 6.24. The molecule has 37 heavy (non-hydrogen) atoms. The van der Waals surface area contributed by atoms with Crippen molar-refractivity contribution in [2.24, 2.45) is 5.10 Å². The minimum Gasteiger partial charge on any atom is -0.457 e. The van der Waals surface area contributed by atoms with Gasteiger partial charge in [-0.3, -0.25) is 9.59 Å². The number of nitrogens with zero attached hydrogens (tertiary/aromatic N) is 1. The van der Waals surface area contributed by atoms with Gasteiger partial charge in [-0.05, 0) is 74.4 Å². The van der Waals surface area contributed by atoms with Gasteiger partial charge >= 0.3 is 0 Å². The number of carbonyl (C=O) groups is 2. The predicted octanol–water partition coefficient (Wildman–Crippen LogP) is 6.76. The lowest BCUT2D eigenvalue weighted by molar-refractivity contribution is 0.0953. The van der Waals surface area contributed by atoms with Crippen LogP contribution in [0.25, 0.3) is 0 Å². The molecule has 0 saturated carbocycles. The minimum atomic E-state index is -0.360. The Bertz CT molecular complexity index is 1480. The number of hydrogen-bond acceptors (Lipinski definition) is 5. The number of nitrogens with one attached hydrogen (secondary N) is 2. The van der Waals surface area contributed by atoms with Gasteiger partial charge in [-0.1, -0.05) is 35.9 Å². The van der Waals surface area contributed by atoms with Crippen molar-refractivity contribution < 1.29 is 18.7 Å². The Morgan fingerprint density at radius 1 is 0.919 bits per heavy atom. The summed E-state index contributed by atoms with van der Waals surface area (Å²) in [6.45, 7) is 1.83. The number of fused-ring (bicyclic) bond motifs is 1. The van der Waals surface area contributed by atoms with Crippen LogP contribution in [0.15, 0.2) is 88.4 Å². The zero-order valence-corrected chi connectivity index (χ0v) is 20.8. The smallest absolute Gasteiger partial charge is 0.291 e. The molecule has 0 unspecified atom stereocenters. The van der Waals surface area contributed by atoms with Gasteiger partial charge in [0.1, 0.15) is 17.3 Å². The van der Waals surface area contributed by atoms with E-state index in [4.69, 9.17) is 20.8 Å². The summed E-state index contributed by atoms with van der Waals surface area (Å²) in [7, 11) is 0. The Labute approximate surface area is 219 Å². The van der Waals surface area contributed by atoms with E-state index in [1.165, 1.54) is 0 Å². The van der Waals surface area contributed by atoms with E-state index in [1.807, 2.05) is 37.3 Å². The van der Waals surface area contributed by atoms with Crippen molar-refractivity contribution in [3.63, 3.8) is 0 Å². The lowest BCUT2D eigenvalue weighted by Gasteiger charge is -2.13. The van der Waals surface area contributed by atoms with Gasteiger partial charge in [-0.2, -0.15) is 5.10 Å². The van der Waals surface area contributed by atoms with Crippen LogP contribution in [0.2, 0.25) is 5.02 Å². The number of anilines is 1. The number of hydrazone groups is 1. The van der Waals surface area contributed by atoms with E-state index < -0.39 is 0 Å². The van der Waals surface area contributed by atoms with E-state index in [9.17, 15) is 9.59 Å². The molecule has 4 aromatic rings. The number of carbonyl (C=O) groups excluding carboxylic acids is 2. The summed E-state index contributed by atoms with van der Waals surface area (Å²) >= 11 is 5.98. The fraction of sp³-hybridized carbons (Fsp3) is 0.138. The summed E-state index contributed by atoms with van der Waals surface area (Å²) in [4.78, 5) is 25.6. The maximum Gasteiger partial charge on any atom is 0.291 e. The van der Waals surface area contributed by atoms with E-state index in [1.54, 1.807) is 48.5 Å². The lowest BCUT2D eigenvalue weighted by Crippen LogP contribution is -2.22. The minimum absolute atomic E-state index is 0.227. The molecule has 1 aliphatic carbocycles. The fourth-order valence-corrected chi connectivity index (χ4v) is 4.42. The molecule has 0 radical (unpaired) electrons. The standard InChI is InChI=1S/C29H24ClN3O4/c1-18-26-24(32-33-28(34)19-7-5-8-20(30)17-19)11-6-12-25(26)37-27(18)29(35)31-21-13-15-23(16-14-21)36-22-9-3-2-4-10-22/h2-5,7-10,13-17H,6,11-12H2,1H3,(H,31,35)(H,33,34)/b32-24+. The molecule has 7 nitrogen and oxygen atoms in total. The molecule has 3 aromatic carbocycles. The zero-order chi connectivity index (χ0) is 25.8. The molecule has 0 fully saturated rings. The molecule has 186 valence electrons. The number of aryl methyl sites for hydroxylation is 1. The average Bonchev–Trinajstić information content (AvgIpc) is 3.26. The van der Waals surface area contributed by atoms with Crippen LogP contribution in [0.5, 0.6) is 11.5 Å². The van der Waals surface area contributed by atoms with Crippen LogP contribution in [0.4, 0.5) is 5.69 Å². The van der Waals surface area contributed by atoms with Gasteiger partial charge in [-0.25, -0.2) is 5.43 Å². The third-order valence-electron chi connectivity index (χ3n) is 6.00. The van der Waals surface area contributed by atoms with E-state index in [0.717, 1.165) is 17.7 Å². The Kier molecular flexibility index (Phi) is 7.05. The fourth-order valence-electron chi connectivity index (χ4n) is 4.23. The van der Waals surface area contributed by atoms with Crippen LogP contribution in [-0.2, 0) is 6.42 Å². The topological polar surface area (TPSA) is 92.9 Å². The molecular formula is C29H24ClN3O4. The summed E-state index contributed by atoms with van der Waals surface area (Å²) in [5, 5.41) is 7.71. The number of halogens is 1. The molecule has 1 aromatic heterocycles. The Hall–Kier alpha value is -4.36. The highest BCUT2D eigenvalue weighted by molar-refractivity contribution is 6.31. The number of rotatable bonds is 6. The number of amides is 2. The van der Waals surface area contributed by atoms with Crippen molar-refractivity contribution in [3.05, 3.63) is 112 Å². The van der Waals surface area contributed by atoms with Crippen LogP contribution in [0.3, 0.4) is 0 Å². The van der Waals surface area contributed by atoms with E-state index >= 15 is 0 Å². The van der Waals surface area contributed by atoms with Crippen LogP contribution in [0.1, 0.15) is 50.6 Å². The predicted molar refractivity (Wildman–Crippen MR) is 143 cm³/mol. The van der Waals surface area contributed by atoms with Gasteiger partial charge in [0.2, 0.25) is 0 Å². The Morgan fingerprint density at radius 3 is 2.43 bits per heavy atom. The highest BCUT2D eigenvalue weighted by atomic mass is 35.5. The molecule has 1 aliphatic rings. The molecule has 8 heteroatoms. The van der Waals surface area contributed by atoms with Crippen molar-refractivity contribution in [1.82, 2.24) is 5.43 Å². The number of ether oxygens (including phenoxy) is 1. The Morgan fingerprint density at radius 2 is 1.68 bits per heavy atom. The second-order valence-electron chi connectivity index (χ2n) is 8.61. The van der Waals surface area contributed by atoms with Gasteiger partial charge < -0.3 is 14.5 Å². The summed E-state index contributed by atoms with van der Waals surface area (Å²) in [5.41, 5.74) is 5.77. The van der Waals surface area contributed by atoms with Crippen LogP contribution in [0, 0.1) is 6.92 Å². The summed E-state index contributed by atoms with van der Waals surface area (Å²) in [5.74, 6) is 1.60. The first-order valence-electron chi connectivity index (χ1n) is 11.9. The maximum atomic E-state index is 13.1. The number of benzene rings is 3. The van der Waals surface area contributed by atoms with E-state index in [2.05, 4.69) is 15.8 Å². The first-order valence-corrected chi connectivity index (χ1v) is 12.2. The second kappa shape index (κ2) is 10.7. The highest BCUT2D eigenvalue weighted by Gasteiger charge is 2.28. The summed E-state index contributed by atoms with van der Waals surface area (Å²) in [6, 6.07) is 23.2. The molecule has 0 saturated heterocycles. The average molecular weight is 514 g/mol. The molecule has 1 heterocycles. The molecule has 0 spiro atoms. The molecule has 5 rings (SSSR count). The number of para-hydroxylation sites is 1. The van der Waals surface area contributed by atoms with Crippen LogP contribution >= 0.6 is 11.6 Å². The van der Waals surface area contributed by atoms with Gasteiger partial charge in [0.05, 0.1) is 5.71 Å². The largest absolute Gasteiger partial charge is 0.457 e. The number of furan rings is 1. The second-order valence-corrected chi connectivity index (χ2v) is 9.05. The molecule has 2 N–H and O–H groups in total. The maximum absolute atomic E-state index is 13.1. The van der Waals surface area contributed by atoms with Crippen LogP contribution in [-0.4, -0.2) is 17.5 Å². The molecule has 0 aliphatic heterocycles. The molecular weight excluding hydrogens is 490 g/mol. The van der Waals surface area contributed by atoms with Gasteiger partial charge in [-0.15, -0.1) is 0 Å². The zero-order valence-electron chi connectivity index (χ0n) is 20.1. The van der Waals surface area contributed by atoms with E-state index in [-0.39, 0.29) is 17.6 Å². The van der Waals surface area contributed by atoms with Crippen molar-refractivity contribution in [2.75, 3.05) is 5.32 Å². The van der Waals surface area contributed by atoms with Gasteiger partial charge in [0.25, 0.3) is 11.8 Å². The molecule has 2 amide bonds. The monoisotopic (exact) mass is 513 g/mol. The highest BCUT2D eigenvalue weighted by Crippen LogP contribution is 2.31. The summed E-state index contributed by atoms with van der Waals surface area (Å²) < 4.78 is 11.8. The SMILES string of the molecule is Cc1c(C(=O)Nc2ccc(Oc3ccccc3)cc2)oc2c1/C(=N/NC(=O)c1cccc(Cl)c1)CCC2. The first kappa shape index (κ1) is 24.3. The normalized spacial score (nSPS) is 13.6. The lowest BCUT2D eigenvalue weighted by atomic mass is 9.93. The summed E-state index contributed by atoms with van der Waals surface area (Å²) in [6.07, 6.45) is 2.15. The molecule has 0 atom stereocenters. The van der Waals surface area contributed by atoms with Crippen molar-refractivity contribution >= 4 is 34.8 Å². The first-order chi connectivity index (χ1) is 18.0. The number of hydrogen-bond donors (Lipinski definition) is 2. The van der Waals surface area contributed by atoms with Crippen molar-refractivity contribution in [2.45, 2.75) is 26.2 Å². The van der Waals surface area contributed by atoms with Gasteiger partial charge in [0, 0.05) is 33.8 Å². The third kappa shape index (κ3) is 5.57. The van der Waals surface area contributed by atoms with E-state index in [0.29, 0.717) is 51.9 Å². The van der Waals surface area contributed by atoms with Gasteiger partial charge in [0.15, 0.2) is 5.76 Å². The molecule has 0 bridgehead atoms. The van der Waals surface area contributed by atoms with Crippen LogP contribution < -0.4 is 15.5 Å². The van der Waals surface area contributed by atoms with Crippen molar-refractivity contribution in [1.29, 1.82) is 0 Å². The van der Waals surface area contributed by atoms with Crippen molar-refractivity contribution in [3.8, 4) is 11.5 Å². The quantitative estimate of drug-likeness (QED) is 0.279.